The maximum absolute atomic E-state index is 13.5. The number of ether oxygens (including phenoxy) is 1. The Kier molecular flexibility index (Phi) is 3.59. The van der Waals surface area contributed by atoms with Crippen LogP contribution >= 0.6 is 12.4 Å². The molecule has 0 radical (unpaired) electrons. The number of rotatable bonds is 2. The van der Waals surface area contributed by atoms with Gasteiger partial charge in [0, 0.05) is 19.2 Å². The zero-order chi connectivity index (χ0) is 11.1. The first kappa shape index (κ1) is 12.7. The average molecular weight is 258 g/mol. The van der Waals surface area contributed by atoms with Crippen molar-refractivity contribution in [2.24, 2.45) is 0 Å². The van der Waals surface area contributed by atoms with Gasteiger partial charge in [0.15, 0.2) is 0 Å². The van der Waals surface area contributed by atoms with E-state index < -0.39 is 0 Å². The fourth-order valence-electron chi connectivity index (χ4n) is 2.49. The van der Waals surface area contributed by atoms with Gasteiger partial charge in [0.1, 0.15) is 17.7 Å². The van der Waals surface area contributed by atoms with Crippen LogP contribution in [0.3, 0.4) is 0 Å². The summed E-state index contributed by atoms with van der Waals surface area (Å²) >= 11 is 0. The fraction of sp³-hybridized carbons (Fsp3) is 0.538. The van der Waals surface area contributed by atoms with Gasteiger partial charge in [-0.15, -0.1) is 12.4 Å². The van der Waals surface area contributed by atoms with E-state index in [1.54, 1.807) is 6.07 Å². The van der Waals surface area contributed by atoms with Gasteiger partial charge in [-0.3, -0.25) is 0 Å². The Bertz CT molecular complexity index is 420. The summed E-state index contributed by atoms with van der Waals surface area (Å²) in [6, 6.07) is 3.20. The minimum atomic E-state index is -0.171. The second-order valence-corrected chi connectivity index (χ2v) is 4.81. The van der Waals surface area contributed by atoms with Crippen LogP contribution in [0.25, 0.3) is 0 Å². The molecule has 2 nitrogen and oxygen atoms in total. The molecule has 1 aromatic carbocycles. The Balaban J connectivity index is 0.00000108. The topological polar surface area (TPSA) is 21.3 Å². The fourth-order valence-corrected chi connectivity index (χ4v) is 2.49. The Morgan fingerprint density at radius 1 is 1.35 bits per heavy atom. The van der Waals surface area contributed by atoms with Crippen LogP contribution in [0, 0.1) is 5.82 Å². The summed E-state index contributed by atoms with van der Waals surface area (Å²) in [5.74, 6) is 1.06. The summed E-state index contributed by atoms with van der Waals surface area (Å²) in [5.41, 5.74) is 2.36. The second-order valence-electron chi connectivity index (χ2n) is 4.81. The Labute approximate surface area is 107 Å². The van der Waals surface area contributed by atoms with Gasteiger partial charge in [-0.2, -0.15) is 0 Å². The molecule has 1 saturated heterocycles. The Morgan fingerprint density at radius 2 is 2.12 bits per heavy atom. The first-order valence-electron chi connectivity index (χ1n) is 5.93. The normalized spacial score (nSPS) is 22.6. The molecule has 1 aromatic rings. The molecule has 1 atom stereocenters. The summed E-state index contributed by atoms with van der Waals surface area (Å²) < 4.78 is 19.3. The predicted octanol–water partition coefficient (Wildman–Crippen LogP) is 2.65. The van der Waals surface area contributed by atoms with Crippen LogP contribution in [0.2, 0.25) is 0 Å². The second kappa shape index (κ2) is 4.83. The molecule has 1 aliphatic carbocycles. The summed E-state index contributed by atoms with van der Waals surface area (Å²) in [5, 5.41) is 3.15. The van der Waals surface area contributed by atoms with Crippen molar-refractivity contribution in [1.29, 1.82) is 0 Å². The molecule has 3 rings (SSSR count). The molecule has 0 aromatic heterocycles. The highest BCUT2D eigenvalue weighted by Gasteiger charge is 2.26. The number of halogens is 2. The minimum absolute atomic E-state index is 0. The monoisotopic (exact) mass is 257 g/mol. The van der Waals surface area contributed by atoms with Gasteiger partial charge in [0.05, 0.1) is 0 Å². The van der Waals surface area contributed by atoms with Crippen molar-refractivity contribution < 1.29 is 9.13 Å². The van der Waals surface area contributed by atoms with E-state index in [2.05, 4.69) is 12.2 Å². The minimum Gasteiger partial charge on any atom is -0.487 e. The van der Waals surface area contributed by atoms with E-state index in [1.807, 2.05) is 0 Å². The van der Waals surface area contributed by atoms with Gasteiger partial charge in [-0.1, -0.05) is 6.92 Å². The smallest absolute Gasteiger partial charge is 0.127 e. The number of hydrogen-bond donors (Lipinski definition) is 1. The highest BCUT2D eigenvalue weighted by molar-refractivity contribution is 5.85. The molecule has 1 heterocycles. The average Bonchev–Trinajstić information content (AvgIpc) is 2.54. The molecule has 0 spiro atoms. The molecule has 0 amide bonds. The standard InChI is InChI=1S/C13H16FNO.ClH/c1-8-2-3-11-12(8)4-9(14)5-13(11)16-10-6-15-7-10;/h4-5,8,10,15H,2-3,6-7H2,1H3;1H. The summed E-state index contributed by atoms with van der Waals surface area (Å²) in [6.45, 7) is 3.90. The highest BCUT2D eigenvalue weighted by atomic mass is 35.5. The first-order chi connectivity index (χ1) is 7.74. The molecule has 1 unspecified atom stereocenters. The van der Waals surface area contributed by atoms with E-state index in [4.69, 9.17) is 4.74 Å². The number of hydrogen-bond acceptors (Lipinski definition) is 2. The Morgan fingerprint density at radius 3 is 2.76 bits per heavy atom. The van der Waals surface area contributed by atoms with E-state index in [0.717, 1.165) is 37.2 Å². The van der Waals surface area contributed by atoms with Crippen LogP contribution in [-0.2, 0) is 6.42 Å². The summed E-state index contributed by atoms with van der Waals surface area (Å²) in [6.07, 6.45) is 2.35. The third-order valence-electron chi connectivity index (χ3n) is 3.60. The van der Waals surface area contributed by atoms with Gasteiger partial charge in [0.2, 0.25) is 0 Å². The van der Waals surface area contributed by atoms with Crippen molar-refractivity contribution in [1.82, 2.24) is 5.32 Å². The molecule has 0 bridgehead atoms. The zero-order valence-corrected chi connectivity index (χ0v) is 10.6. The van der Waals surface area contributed by atoms with Gasteiger partial charge in [-0.05, 0) is 36.0 Å². The van der Waals surface area contributed by atoms with Gasteiger partial charge < -0.3 is 10.1 Å². The van der Waals surface area contributed by atoms with Crippen LogP contribution in [-0.4, -0.2) is 19.2 Å². The lowest BCUT2D eigenvalue weighted by Crippen LogP contribution is -2.50. The first-order valence-corrected chi connectivity index (χ1v) is 5.93. The van der Waals surface area contributed by atoms with Crippen molar-refractivity contribution in [2.45, 2.75) is 31.8 Å². The molecule has 1 fully saturated rings. The summed E-state index contributed by atoms with van der Waals surface area (Å²) in [7, 11) is 0. The molecule has 4 heteroatoms. The lowest BCUT2D eigenvalue weighted by molar-refractivity contribution is 0.140. The maximum atomic E-state index is 13.5. The third-order valence-corrected chi connectivity index (χ3v) is 3.60. The number of benzene rings is 1. The molecular formula is C13H17ClFNO. The third kappa shape index (κ3) is 2.26. The maximum Gasteiger partial charge on any atom is 0.127 e. The van der Waals surface area contributed by atoms with Crippen molar-refractivity contribution in [2.75, 3.05) is 13.1 Å². The van der Waals surface area contributed by atoms with E-state index in [-0.39, 0.29) is 24.3 Å². The van der Waals surface area contributed by atoms with Gasteiger partial charge >= 0.3 is 0 Å². The highest BCUT2D eigenvalue weighted by Crippen LogP contribution is 2.39. The Hall–Kier alpha value is -0.800. The van der Waals surface area contributed by atoms with Crippen molar-refractivity contribution in [3.05, 3.63) is 29.1 Å². The number of nitrogens with one attached hydrogen (secondary N) is 1. The zero-order valence-electron chi connectivity index (χ0n) is 9.83. The van der Waals surface area contributed by atoms with E-state index >= 15 is 0 Å². The number of fused-ring (bicyclic) bond motifs is 1. The van der Waals surface area contributed by atoms with Crippen molar-refractivity contribution in [3.8, 4) is 5.75 Å². The molecule has 94 valence electrons. The van der Waals surface area contributed by atoms with E-state index in [1.165, 1.54) is 11.6 Å². The van der Waals surface area contributed by atoms with Crippen molar-refractivity contribution in [3.63, 3.8) is 0 Å². The molecule has 0 saturated carbocycles. The van der Waals surface area contributed by atoms with Gasteiger partial charge in [0.25, 0.3) is 0 Å². The molecular weight excluding hydrogens is 241 g/mol. The molecule has 17 heavy (non-hydrogen) atoms. The van der Waals surface area contributed by atoms with E-state index in [9.17, 15) is 4.39 Å². The van der Waals surface area contributed by atoms with Crippen molar-refractivity contribution >= 4 is 12.4 Å². The summed E-state index contributed by atoms with van der Waals surface area (Å²) in [4.78, 5) is 0. The van der Waals surface area contributed by atoms with Crippen LogP contribution in [0.1, 0.15) is 30.4 Å². The lowest BCUT2D eigenvalue weighted by atomic mass is 10.0. The van der Waals surface area contributed by atoms with E-state index in [0.29, 0.717) is 5.92 Å². The predicted molar refractivity (Wildman–Crippen MR) is 67.7 cm³/mol. The molecule has 1 aliphatic heterocycles. The lowest BCUT2D eigenvalue weighted by Gasteiger charge is -2.28. The quantitative estimate of drug-likeness (QED) is 0.880. The van der Waals surface area contributed by atoms with Crippen LogP contribution in [0.15, 0.2) is 12.1 Å². The van der Waals surface area contributed by atoms with Gasteiger partial charge in [-0.25, -0.2) is 4.39 Å². The molecule has 1 N–H and O–H groups in total. The van der Waals surface area contributed by atoms with Crippen LogP contribution in [0.4, 0.5) is 4.39 Å². The molecule has 2 aliphatic rings. The largest absolute Gasteiger partial charge is 0.487 e. The van der Waals surface area contributed by atoms with Crippen LogP contribution < -0.4 is 10.1 Å². The SMILES string of the molecule is CC1CCc2c(OC3CNC3)cc(F)cc21.Cl. The van der Waals surface area contributed by atoms with Crippen LogP contribution in [0.5, 0.6) is 5.75 Å².